The molecule has 1 saturated heterocycles. The van der Waals surface area contributed by atoms with E-state index < -0.39 is 42.7 Å². The molecule has 11 heteroatoms. The highest BCUT2D eigenvalue weighted by atomic mass is 35.5. The molecule has 3 rings (SSSR count). The van der Waals surface area contributed by atoms with Crippen LogP contribution in [0, 0.1) is 0 Å². The minimum atomic E-state index is -4.81. The van der Waals surface area contributed by atoms with Crippen molar-refractivity contribution in [3.8, 4) is 5.75 Å². The summed E-state index contributed by atoms with van der Waals surface area (Å²) < 4.78 is 46.2. The summed E-state index contributed by atoms with van der Waals surface area (Å²) in [5.41, 5.74) is -1.03. The normalized spacial score (nSPS) is 30.9. The fourth-order valence-electron chi connectivity index (χ4n) is 3.55. The highest BCUT2D eigenvalue weighted by molar-refractivity contribution is 6.31. The van der Waals surface area contributed by atoms with Gasteiger partial charge in [0.05, 0.1) is 6.61 Å². The molecule has 32 heavy (non-hydrogen) atoms. The van der Waals surface area contributed by atoms with Crippen molar-refractivity contribution in [3.05, 3.63) is 64.2 Å². The third kappa shape index (κ3) is 4.86. The van der Waals surface area contributed by atoms with Gasteiger partial charge in [-0.3, -0.25) is 0 Å². The molecule has 0 amide bonds. The van der Waals surface area contributed by atoms with Crippen LogP contribution in [0.1, 0.15) is 23.6 Å². The Hall–Kier alpha value is -1.92. The number of benzene rings is 2. The van der Waals surface area contributed by atoms with E-state index in [2.05, 4.69) is 4.74 Å². The van der Waals surface area contributed by atoms with Crippen LogP contribution in [-0.4, -0.2) is 62.4 Å². The van der Waals surface area contributed by atoms with Gasteiger partial charge in [0.15, 0.2) is 0 Å². The van der Waals surface area contributed by atoms with Crippen LogP contribution >= 0.6 is 11.6 Å². The Morgan fingerprint density at radius 3 is 2.25 bits per heavy atom. The van der Waals surface area contributed by atoms with E-state index >= 15 is 0 Å². The number of aliphatic hydroxyl groups is 5. The number of alkyl halides is 3. The quantitative estimate of drug-likeness (QED) is 0.445. The molecule has 5 atom stereocenters. The Balaban J connectivity index is 1.88. The van der Waals surface area contributed by atoms with Gasteiger partial charge in [0, 0.05) is 10.6 Å². The van der Waals surface area contributed by atoms with Gasteiger partial charge in [-0.1, -0.05) is 29.8 Å². The zero-order chi connectivity index (χ0) is 23.9. The number of hydrogen-bond acceptors (Lipinski definition) is 7. The first-order valence-corrected chi connectivity index (χ1v) is 9.89. The number of ether oxygens (including phenoxy) is 2. The van der Waals surface area contributed by atoms with Crippen molar-refractivity contribution in [3.63, 3.8) is 0 Å². The van der Waals surface area contributed by atoms with Gasteiger partial charge >= 0.3 is 6.36 Å². The zero-order valence-corrected chi connectivity index (χ0v) is 17.5. The summed E-state index contributed by atoms with van der Waals surface area (Å²) in [4.78, 5) is 0. The Morgan fingerprint density at radius 2 is 1.69 bits per heavy atom. The molecule has 176 valence electrons. The third-order valence-electron chi connectivity index (χ3n) is 5.45. The van der Waals surface area contributed by atoms with Crippen molar-refractivity contribution in [1.82, 2.24) is 0 Å². The van der Waals surface area contributed by atoms with E-state index in [4.69, 9.17) is 16.3 Å². The molecule has 5 N–H and O–H groups in total. The Morgan fingerprint density at radius 1 is 1.06 bits per heavy atom. The molecule has 0 aromatic heterocycles. The minimum Gasteiger partial charge on any atom is -0.406 e. The fraction of sp³-hybridized carbons (Fsp3) is 0.429. The lowest BCUT2D eigenvalue weighted by Gasteiger charge is -2.50. The van der Waals surface area contributed by atoms with Gasteiger partial charge in [-0.25, -0.2) is 0 Å². The predicted molar refractivity (Wildman–Crippen MR) is 106 cm³/mol. The van der Waals surface area contributed by atoms with Crippen molar-refractivity contribution >= 4 is 11.6 Å². The van der Waals surface area contributed by atoms with E-state index in [0.29, 0.717) is 11.1 Å². The molecule has 1 aliphatic rings. The number of rotatable bonds is 5. The zero-order valence-electron chi connectivity index (χ0n) is 16.8. The van der Waals surface area contributed by atoms with E-state index in [0.717, 1.165) is 19.1 Å². The van der Waals surface area contributed by atoms with Crippen LogP contribution in [0.15, 0.2) is 42.5 Å². The molecule has 0 saturated carbocycles. The second-order valence-electron chi connectivity index (χ2n) is 7.78. The van der Waals surface area contributed by atoms with Crippen LogP contribution in [0.3, 0.4) is 0 Å². The molecule has 1 fully saturated rings. The van der Waals surface area contributed by atoms with Crippen molar-refractivity contribution < 1.29 is 48.2 Å². The van der Waals surface area contributed by atoms with Gasteiger partial charge in [-0.05, 0) is 48.7 Å². The highest BCUT2D eigenvalue weighted by Crippen LogP contribution is 2.41. The molecule has 2 aromatic carbocycles. The van der Waals surface area contributed by atoms with Crippen LogP contribution in [0.5, 0.6) is 5.75 Å². The molecular weight excluding hydrogens is 457 g/mol. The van der Waals surface area contributed by atoms with Gasteiger partial charge in [-0.2, -0.15) is 0 Å². The number of halogens is 4. The first-order valence-electron chi connectivity index (χ1n) is 9.51. The molecule has 0 bridgehead atoms. The molecule has 7 nitrogen and oxygen atoms in total. The first kappa shape index (κ1) is 24.7. The van der Waals surface area contributed by atoms with Crippen molar-refractivity contribution in [2.24, 2.45) is 0 Å². The predicted octanol–water partition coefficient (Wildman–Crippen LogP) is 1.84. The lowest BCUT2D eigenvalue weighted by molar-refractivity contribution is -0.378. The second-order valence-corrected chi connectivity index (χ2v) is 8.18. The largest absolute Gasteiger partial charge is 0.573 e. The van der Waals surface area contributed by atoms with Gasteiger partial charge in [0.2, 0.25) is 5.79 Å². The summed E-state index contributed by atoms with van der Waals surface area (Å²) in [6.07, 6.45) is -9.88. The molecule has 1 heterocycles. The topological polar surface area (TPSA) is 120 Å². The highest BCUT2D eigenvalue weighted by Gasteiger charge is 2.59. The van der Waals surface area contributed by atoms with Crippen LogP contribution < -0.4 is 4.74 Å². The van der Waals surface area contributed by atoms with E-state index in [1.165, 1.54) is 30.3 Å². The molecule has 2 aromatic rings. The molecular formula is C21H22ClF3O7. The van der Waals surface area contributed by atoms with Crippen molar-refractivity contribution in [2.45, 2.75) is 49.4 Å². The third-order valence-corrected chi connectivity index (χ3v) is 5.82. The van der Waals surface area contributed by atoms with Gasteiger partial charge in [0.25, 0.3) is 0 Å². The Kier molecular flexibility index (Phi) is 6.79. The van der Waals surface area contributed by atoms with Crippen LogP contribution in [0.4, 0.5) is 13.2 Å². The summed E-state index contributed by atoms with van der Waals surface area (Å²) >= 11 is 6.23. The summed E-state index contributed by atoms with van der Waals surface area (Å²) in [6, 6.07) is 9.26. The maximum absolute atomic E-state index is 12.3. The Labute approximate surface area is 186 Å². The molecule has 0 spiro atoms. The lowest BCUT2D eigenvalue weighted by Crippen LogP contribution is -2.69. The maximum atomic E-state index is 12.3. The first-order chi connectivity index (χ1) is 14.8. The summed E-state index contributed by atoms with van der Waals surface area (Å²) in [5, 5.41) is 51.9. The summed E-state index contributed by atoms with van der Waals surface area (Å²) in [5.74, 6) is -2.86. The van der Waals surface area contributed by atoms with Crippen molar-refractivity contribution in [1.29, 1.82) is 0 Å². The fourth-order valence-corrected chi connectivity index (χ4v) is 3.74. The standard InChI is InChI=1S/C21H22ClF3O7/c1-19(29)16(10-26)32-20(30,18(28)17(19)27)13-4-7-15(22)12(9-13)8-11-2-5-14(6-3-11)31-21(23,24)25/h2-7,9,16-18,26-30H,8,10H2,1H3/t16-,17-,18-,19+,20+/m1/s1. The van der Waals surface area contributed by atoms with E-state index in [9.17, 15) is 38.7 Å². The van der Waals surface area contributed by atoms with Gasteiger partial charge in [0.1, 0.15) is 29.7 Å². The molecule has 0 aliphatic carbocycles. The molecule has 0 radical (unpaired) electrons. The van der Waals surface area contributed by atoms with E-state index in [1.54, 1.807) is 0 Å². The summed E-state index contributed by atoms with van der Waals surface area (Å²) in [7, 11) is 0. The summed E-state index contributed by atoms with van der Waals surface area (Å²) in [6.45, 7) is 0.409. The molecule has 0 unspecified atom stereocenters. The smallest absolute Gasteiger partial charge is 0.406 e. The number of hydrogen-bond donors (Lipinski definition) is 5. The lowest BCUT2D eigenvalue weighted by atomic mass is 9.80. The number of aliphatic hydroxyl groups excluding tert-OH is 3. The second kappa shape index (κ2) is 8.79. The minimum absolute atomic E-state index is 0.00516. The monoisotopic (exact) mass is 478 g/mol. The van der Waals surface area contributed by atoms with Crippen LogP contribution in [-0.2, 0) is 16.9 Å². The average Bonchev–Trinajstić information content (AvgIpc) is 2.71. The van der Waals surface area contributed by atoms with Crippen LogP contribution in [0.2, 0.25) is 5.02 Å². The van der Waals surface area contributed by atoms with E-state index in [-0.39, 0.29) is 22.8 Å². The SMILES string of the molecule is C[C@@]1(O)[C@H](O)[C@@H](O)[C@](O)(c2ccc(Cl)c(Cc3ccc(OC(F)(F)F)cc3)c2)O[C@@H]1CO. The average molecular weight is 479 g/mol. The van der Waals surface area contributed by atoms with E-state index in [1.807, 2.05) is 0 Å². The maximum Gasteiger partial charge on any atom is 0.573 e. The van der Waals surface area contributed by atoms with Crippen molar-refractivity contribution in [2.75, 3.05) is 6.61 Å². The van der Waals surface area contributed by atoms with Gasteiger partial charge in [-0.15, -0.1) is 13.2 Å². The van der Waals surface area contributed by atoms with Crippen LogP contribution in [0.25, 0.3) is 0 Å². The Bertz CT molecular complexity index is 947. The van der Waals surface area contributed by atoms with Gasteiger partial charge < -0.3 is 35.0 Å². The molecule has 1 aliphatic heterocycles.